The van der Waals surface area contributed by atoms with Crippen molar-refractivity contribution < 1.29 is 0 Å². The highest BCUT2D eigenvalue weighted by atomic mass is 32.2. The van der Waals surface area contributed by atoms with E-state index >= 15 is 0 Å². The lowest BCUT2D eigenvalue weighted by molar-refractivity contribution is 1.39. The van der Waals surface area contributed by atoms with Crippen LogP contribution >= 0.6 is 11.8 Å². The van der Waals surface area contributed by atoms with Crippen molar-refractivity contribution in [2.45, 2.75) is 27.7 Å². The molecule has 0 aliphatic rings. The third-order valence-corrected chi connectivity index (χ3v) is 1.79. The summed E-state index contributed by atoms with van der Waals surface area (Å²) in [7, 11) is 0. The quantitative estimate of drug-likeness (QED) is 0.585. The Balaban J connectivity index is 0. The second-order valence-electron chi connectivity index (χ2n) is 2.22. The molecule has 0 aromatic rings. The Morgan fingerprint density at radius 1 is 1.17 bits per heavy atom. The third kappa shape index (κ3) is 9.57. The van der Waals surface area contributed by atoms with Crippen LogP contribution in [0, 0.1) is 0 Å². The van der Waals surface area contributed by atoms with E-state index in [1.807, 2.05) is 26.2 Å². The molecule has 0 aromatic carbocycles. The van der Waals surface area contributed by atoms with Crippen molar-refractivity contribution in [1.29, 1.82) is 0 Å². The fraction of sp³-hybridized carbons (Fsp3) is 0.455. The van der Waals surface area contributed by atoms with E-state index in [0.29, 0.717) is 0 Å². The molecule has 0 aliphatic carbocycles. The van der Waals surface area contributed by atoms with Gasteiger partial charge in [0.2, 0.25) is 0 Å². The van der Waals surface area contributed by atoms with Gasteiger partial charge in [0.25, 0.3) is 0 Å². The monoisotopic (exact) mass is 184 g/mol. The van der Waals surface area contributed by atoms with Crippen LogP contribution in [0.25, 0.3) is 0 Å². The van der Waals surface area contributed by atoms with Crippen molar-refractivity contribution >= 4 is 11.8 Å². The molecular weight excluding hydrogens is 164 g/mol. The highest BCUT2D eigenvalue weighted by molar-refractivity contribution is 8.02. The number of hydrogen-bond acceptors (Lipinski definition) is 1. The zero-order valence-corrected chi connectivity index (χ0v) is 9.66. The standard InChI is InChI=1S/C9H14S.C2H6/c1-5-9(10-4)7-6-8(2)3;1-2/h5-7H,1H2,2-4H3;1-2H3/b9-7+;. The molecule has 0 saturated heterocycles. The van der Waals surface area contributed by atoms with Crippen LogP contribution < -0.4 is 0 Å². The lowest BCUT2D eigenvalue weighted by Gasteiger charge is -1.91. The van der Waals surface area contributed by atoms with E-state index in [-0.39, 0.29) is 0 Å². The summed E-state index contributed by atoms with van der Waals surface area (Å²) >= 11 is 1.71. The zero-order valence-electron chi connectivity index (χ0n) is 8.85. The Kier molecular flexibility index (Phi) is 12.4. The highest BCUT2D eigenvalue weighted by Crippen LogP contribution is 2.12. The smallest absolute Gasteiger partial charge is 0.00632 e. The maximum Gasteiger partial charge on any atom is 0.00632 e. The van der Waals surface area contributed by atoms with Crippen molar-refractivity contribution in [3.8, 4) is 0 Å². The molecule has 0 fully saturated rings. The van der Waals surface area contributed by atoms with E-state index in [1.165, 1.54) is 10.5 Å². The summed E-state index contributed by atoms with van der Waals surface area (Å²) in [6.07, 6.45) is 8.08. The molecule has 0 rings (SSSR count). The van der Waals surface area contributed by atoms with E-state index in [2.05, 4.69) is 32.6 Å². The fourth-order valence-electron chi connectivity index (χ4n) is 0.468. The molecule has 0 aliphatic heterocycles. The second kappa shape index (κ2) is 10.6. The van der Waals surface area contributed by atoms with E-state index in [9.17, 15) is 0 Å². The summed E-state index contributed by atoms with van der Waals surface area (Å²) in [4.78, 5) is 1.21. The average molecular weight is 184 g/mol. The molecule has 0 N–H and O–H groups in total. The van der Waals surface area contributed by atoms with Crippen molar-refractivity contribution in [1.82, 2.24) is 0 Å². The Labute approximate surface area is 81.4 Å². The van der Waals surface area contributed by atoms with Crippen molar-refractivity contribution in [2.75, 3.05) is 6.26 Å². The van der Waals surface area contributed by atoms with Crippen LogP contribution in [0.1, 0.15) is 27.7 Å². The summed E-state index contributed by atoms with van der Waals surface area (Å²) in [5.74, 6) is 0. The van der Waals surface area contributed by atoms with Gasteiger partial charge in [0.1, 0.15) is 0 Å². The Bertz CT molecular complexity index is 160. The largest absolute Gasteiger partial charge is 0.130 e. The van der Waals surface area contributed by atoms with Gasteiger partial charge in [0, 0.05) is 4.91 Å². The highest BCUT2D eigenvalue weighted by Gasteiger charge is 1.82. The topological polar surface area (TPSA) is 0 Å². The Hall–Kier alpha value is -0.430. The lowest BCUT2D eigenvalue weighted by Crippen LogP contribution is -1.66. The lowest BCUT2D eigenvalue weighted by atomic mass is 10.3. The van der Waals surface area contributed by atoms with Crippen LogP contribution in [0.2, 0.25) is 0 Å². The molecule has 0 radical (unpaired) electrons. The molecule has 70 valence electrons. The summed E-state index contributed by atoms with van der Waals surface area (Å²) in [6.45, 7) is 11.9. The number of thioether (sulfide) groups is 1. The van der Waals surface area contributed by atoms with Crippen LogP contribution in [-0.4, -0.2) is 6.26 Å². The first-order valence-corrected chi connectivity index (χ1v) is 5.44. The van der Waals surface area contributed by atoms with Crippen LogP contribution in [0.15, 0.2) is 35.3 Å². The van der Waals surface area contributed by atoms with Crippen LogP contribution in [0.5, 0.6) is 0 Å². The first kappa shape index (κ1) is 14.1. The van der Waals surface area contributed by atoms with Crippen molar-refractivity contribution in [2.24, 2.45) is 0 Å². The molecule has 0 amide bonds. The minimum atomic E-state index is 1.21. The van der Waals surface area contributed by atoms with Gasteiger partial charge in [-0.05, 0) is 26.2 Å². The van der Waals surface area contributed by atoms with E-state index < -0.39 is 0 Å². The number of hydrogen-bond donors (Lipinski definition) is 0. The molecule has 0 unspecified atom stereocenters. The molecule has 12 heavy (non-hydrogen) atoms. The molecule has 0 spiro atoms. The molecule has 0 nitrogen and oxygen atoms in total. The van der Waals surface area contributed by atoms with Gasteiger partial charge in [-0.25, -0.2) is 0 Å². The fourth-order valence-corrected chi connectivity index (χ4v) is 0.839. The van der Waals surface area contributed by atoms with Gasteiger partial charge in [-0.3, -0.25) is 0 Å². The van der Waals surface area contributed by atoms with E-state index in [1.54, 1.807) is 11.8 Å². The molecule has 0 bridgehead atoms. The number of allylic oxidation sites excluding steroid dienone is 4. The van der Waals surface area contributed by atoms with Gasteiger partial charge < -0.3 is 0 Å². The van der Waals surface area contributed by atoms with Crippen LogP contribution in [-0.2, 0) is 0 Å². The average Bonchev–Trinajstić information content (AvgIpc) is 2.09. The normalized spacial score (nSPS) is 9.58. The van der Waals surface area contributed by atoms with Gasteiger partial charge in [-0.2, -0.15) is 0 Å². The maximum atomic E-state index is 3.69. The van der Waals surface area contributed by atoms with Gasteiger partial charge in [0.15, 0.2) is 0 Å². The molecular formula is C11H20S. The predicted molar refractivity (Wildman–Crippen MR) is 62.6 cm³/mol. The SMILES string of the molecule is C=C/C(=C\C=C(C)C)SC.CC. The van der Waals surface area contributed by atoms with Crippen LogP contribution in [0.3, 0.4) is 0 Å². The van der Waals surface area contributed by atoms with Gasteiger partial charge >= 0.3 is 0 Å². The molecule has 0 heterocycles. The van der Waals surface area contributed by atoms with Gasteiger partial charge in [0.05, 0.1) is 0 Å². The van der Waals surface area contributed by atoms with E-state index in [0.717, 1.165) is 0 Å². The minimum absolute atomic E-state index is 1.21. The zero-order chi connectivity index (χ0) is 9.98. The maximum absolute atomic E-state index is 3.69. The first-order chi connectivity index (χ1) is 5.70. The summed E-state index contributed by atoms with van der Waals surface area (Å²) in [6, 6.07) is 0. The first-order valence-electron chi connectivity index (χ1n) is 4.22. The summed E-state index contributed by atoms with van der Waals surface area (Å²) < 4.78 is 0. The predicted octanol–water partition coefficient (Wildman–Crippen LogP) is 4.41. The van der Waals surface area contributed by atoms with E-state index in [4.69, 9.17) is 0 Å². The molecule has 1 heteroatoms. The summed E-state index contributed by atoms with van der Waals surface area (Å²) in [5.41, 5.74) is 1.31. The van der Waals surface area contributed by atoms with Gasteiger partial charge in [-0.1, -0.05) is 38.2 Å². The van der Waals surface area contributed by atoms with Crippen molar-refractivity contribution in [3.05, 3.63) is 35.3 Å². The Morgan fingerprint density at radius 2 is 1.67 bits per heavy atom. The van der Waals surface area contributed by atoms with Crippen molar-refractivity contribution in [3.63, 3.8) is 0 Å². The van der Waals surface area contributed by atoms with Gasteiger partial charge in [-0.15, -0.1) is 11.8 Å². The molecule has 0 atom stereocenters. The summed E-state index contributed by atoms with van der Waals surface area (Å²) in [5, 5.41) is 0. The molecule has 0 saturated carbocycles. The van der Waals surface area contributed by atoms with Crippen LogP contribution in [0.4, 0.5) is 0 Å². The third-order valence-electron chi connectivity index (χ3n) is 1.02. The second-order valence-corrected chi connectivity index (χ2v) is 3.10. The molecule has 0 aromatic heterocycles. The number of rotatable bonds is 3. The Morgan fingerprint density at radius 3 is 1.92 bits per heavy atom. The minimum Gasteiger partial charge on any atom is -0.130 e.